The predicted octanol–water partition coefficient (Wildman–Crippen LogP) is 5.17. The lowest BCUT2D eigenvalue weighted by atomic mass is 9.97. The second-order valence-electron chi connectivity index (χ2n) is 5.92. The van der Waals surface area contributed by atoms with Gasteiger partial charge in [-0.15, -0.1) is 23.1 Å². The summed E-state index contributed by atoms with van der Waals surface area (Å²) in [7, 11) is 0. The zero-order valence-corrected chi connectivity index (χ0v) is 16.8. The zero-order valence-electron chi connectivity index (χ0n) is 15.2. The van der Waals surface area contributed by atoms with Gasteiger partial charge in [0.2, 0.25) is 0 Å². The van der Waals surface area contributed by atoms with Gasteiger partial charge in [-0.1, -0.05) is 42.5 Å². The molecular weight excluding hydrogens is 390 g/mol. The number of carbonyl (C=O) groups is 1. The van der Waals surface area contributed by atoms with E-state index in [0.717, 1.165) is 16.7 Å². The van der Waals surface area contributed by atoms with Gasteiger partial charge in [0.1, 0.15) is 0 Å². The van der Waals surface area contributed by atoms with Gasteiger partial charge in [0.15, 0.2) is 10.8 Å². The summed E-state index contributed by atoms with van der Waals surface area (Å²) in [5.41, 5.74) is 3.12. The van der Waals surface area contributed by atoms with E-state index in [4.69, 9.17) is 10.5 Å². The third kappa shape index (κ3) is 5.09. The van der Waals surface area contributed by atoms with Gasteiger partial charge in [-0.2, -0.15) is 0 Å². The highest BCUT2D eigenvalue weighted by molar-refractivity contribution is 7.98. The van der Waals surface area contributed by atoms with Crippen LogP contribution in [0, 0.1) is 5.41 Å². The molecule has 1 heterocycles. The number of anilines is 1. The van der Waals surface area contributed by atoms with E-state index in [0.29, 0.717) is 17.3 Å². The van der Waals surface area contributed by atoms with Gasteiger partial charge in [-0.25, -0.2) is 9.78 Å². The number of carboxylic acid groups (broad SMARTS) is 1. The Balaban J connectivity index is 1.86. The number of thioether (sulfide) groups is 1. The van der Waals surface area contributed by atoms with Crippen molar-refractivity contribution in [2.24, 2.45) is 0 Å². The van der Waals surface area contributed by atoms with Crippen molar-refractivity contribution in [1.82, 2.24) is 4.98 Å². The van der Waals surface area contributed by atoms with Crippen LogP contribution in [0.1, 0.15) is 21.6 Å². The van der Waals surface area contributed by atoms with Crippen LogP contribution in [-0.2, 0) is 6.42 Å². The summed E-state index contributed by atoms with van der Waals surface area (Å²) in [5, 5.41) is 22.7. The highest BCUT2D eigenvalue weighted by Crippen LogP contribution is 2.20. The number of nitrogens with one attached hydrogen (secondary N) is 2. The number of benzene rings is 2. The van der Waals surface area contributed by atoms with Crippen LogP contribution in [0.25, 0.3) is 0 Å². The first kappa shape index (κ1) is 19.9. The first-order valence-corrected chi connectivity index (χ1v) is 10.6. The zero-order chi connectivity index (χ0) is 19.9. The second-order valence-corrected chi connectivity index (χ2v) is 7.66. The minimum absolute atomic E-state index is 0.00763. The van der Waals surface area contributed by atoms with Gasteiger partial charge < -0.3 is 10.4 Å². The van der Waals surface area contributed by atoms with Crippen molar-refractivity contribution in [2.45, 2.75) is 11.3 Å². The molecule has 7 heteroatoms. The van der Waals surface area contributed by atoms with Crippen LogP contribution >= 0.6 is 23.1 Å². The largest absolute Gasteiger partial charge is 0.476 e. The fourth-order valence-electron chi connectivity index (χ4n) is 2.55. The molecule has 1 aromatic heterocycles. The Hall–Kier alpha value is -2.90. The fraction of sp³-hybridized carbons (Fsp3) is 0.0952. The molecule has 0 aliphatic rings. The molecule has 3 aromatic rings. The molecule has 28 heavy (non-hydrogen) atoms. The number of hydrogen-bond donors (Lipinski definition) is 3. The van der Waals surface area contributed by atoms with E-state index in [9.17, 15) is 4.79 Å². The van der Waals surface area contributed by atoms with E-state index in [2.05, 4.69) is 34.6 Å². The van der Waals surface area contributed by atoms with Crippen molar-refractivity contribution in [3.05, 3.63) is 88.6 Å². The summed E-state index contributed by atoms with van der Waals surface area (Å²) in [6, 6.07) is 17.8. The Bertz CT molecular complexity index is 996. The maximum absolute atomic E-state index is 11.0. The molecule has 0 amide bonds. The van der Waals surface area contributed by atoms with Crippen LogP contribution in [0.15, 0.2) is 76.6 Å². The van der Waals surface area contributed by atoms with Crippen LogP contribution in [-0.4, -0.2) is 28.0 Å². The van der Waals surface area contributed by atoms with Gasteiger partial charge in [0, 0.05) is 22.9 Å². The van der Waals surface area contributed by atoms with Crippen molar-refractivity contribution in [1.29, 1.82) is 5.41 Å². The van der Waals surface area contributed by atoms with Crippen LogP contribution < -0.4 is 5.32 Å². The minimum Gasteiger partial charge on any atom is -0.476 e. The van der Waals surface area contributed by atoms with Gasteiger partial charge >= 0.3 is 5.97 Å². The SMILES string of the molecule is CSc1ccc(C/C(=C/Nc2nc(C(=O)O)cs2)C(=N)c2ccccc2)cc1. The lowest BCUT2D eigenvalue weighted by molar-refractivity contribution is 0.0691. The molecule has 0 atom stereocenters. The molecule has 0 fully saturated rings. The fourth-order valence-corrected chi connectivity index (χ4v) is 3.62. The monoisotopic (exact) mass is 409 g/mol. The van der Waals surface area contributed by atoms with Crippen LogP contribution in [0.5, 0.6) is 0 Å². The van der Waals surface area contributed by atoms with Gasteiger partial charge in [0.05, 0.1) is 5.71 Å². The summed E-state index contributed by atoms with van der Waals surface area (Å²) < 4.78 is 0. The first-order chi connectivity index (χ1) is 13.6. The quantitative estimate of drug-likeness (QED) is 0.353. The molecule has 3 rings (SSSR count). The third-order valence-electron chi connectivity index (χ3n) is 4.03. The highest BCUT2D eigenvalue weighted by Gasteiger charge is 2.11. The lowest BCUT2D eigenvalue weighted by Gasteiger charge is -2.11. The van der Waals surface area contributed by atoms with E-state index in [1.165, 1.54) is 21.6 Å². The number of hydrogen-bond acceptors (Lipinski definition) is 6. The van der Waals surface area contributed by atoms with Gasteiger partial charge in [-0.05, 0) is 35.1 Å². The second kappa shape index (κ2) is 9.34. The normalized spacial score (nSPS) is 11.2. The molecule has 0 unspecified atom stereocenters. The first-order valence-electron chi connectivity index (χ1n) is 8.48. The number of aromatic nitrogens is 1. The summed E-state index contributed by atoms with van der Waals surface area (Å²) in [6.07, 6.45) is 4.35. The summed E-state index contributed by atoms with van der Waals surface area (Å²) in [5.74, 6) is -1.06. The summed E-state index contributed by atoms with van der Waals surface area (Å²) >= 11 is 2.91. The molecule has 3 N–H and O–H groups in total. The molecule has 0 saturated carbocycles. The van der Waals surface area contributed by atoms with Crippen molar-refractivity contribution >= 4 is 39.9 Å². The number of nitrogens with zero attached hydrogens (tertiary/aromatic N) is 1. The van der Waals surface area contributed by atoms with E-state index >= 15 is 0 Å². The van der Waals surface area contributed by atoms with Crippen LogP contribution in [0.2, 0.25) is 0 Å². The minimum atomic E-state index is -1.06. The molecule has 0 saturated heterocycles. The molecule has 5 nitrogen and oxygen atoms in total. The Morgan fingerprint density at radius 1 is 1.21 bits per heavy atom. The van der Waals surface area contributed by atoms with Gasteiger partial charge in [-0.3, -0.25) is 5.41 Å². The maximum atomic E-state index is 11.0. The molecule has 0 bridgehead atoms. The molecule has 0 radical (unpaired) electrons. The number of rotatable bonds is 8. The van der Waals surface area contributed by atoms with Crippen molar-refractivity contribution in [2.75, 3.05) is 11.6 Å². The number of allylic oxidation sites excluding steroid dienone is 1. The van der Waals surface area contributed by atoms with Crippen molar-refractivity contribution < 1.29 is 9.90 Å². The standard InChI is InChI=1S/C21H19N3O2S2/c1-27-17-9-7-14(8-10-17)11-16(19(22)15-5-3-2-4-6-15)12-23-21-24-18(13-28-21)20(25)26/h2-10,12-13,22H,11H2,1H3,(H,23,24)(H,25,26)/b16-12-,22-19?. The molecule has 0 aliphatic heterocycles. The smallest absolute Gasteiger partial charge is 0.355 e. The molecule has 0 spiro atoms. The summed E-state index contributed by atoms with van der Waals surface area (Å²) in [4.78, 5) is 16.2. The Kier molecular flexibility index (Phi) is 6.62. The van der Waals surface area contributed by atoms with E-state index in [1.54, 1.807) is 18.0 Å². The Labute approximate surface area is 171 Å². The predicted molar refractivity (Wildman–Crippen MR) is 116 cm³/mol. The molecule has 142 valence electrons. The average molecular weight is 410 g/mol. The Morgan fingerprint density at radius 3 is 2.54 bits per heavy atom. The number of carboxylic acids is 1. The number of aromatic carboxylic acids is 1. The highest BCUT2D eigenvalue weighted by atomic mass is 32.2. The third-order valence-corrected chi connectivity index (χ3v) is 5.55. The van der Waals surface area contributed by atoms with E-state index in [1.807, 2.05) is 36.6 Å². The van der Waals surface area contributed by atoms with E-state index in [-0.39, 0.29) is 5.69 Å². The van der Waals surface area contributed by atoms with Crippen LogP contribution in [0.4, 0.5) is 5.13 Å². The number of thiazole rings is 1. The Morgan fingerprint density at radius 2 is 1.93 bits per heavy atom. The van der Waals surface area contributed by atoms with Crippen molar-refractivity contribution in [3.63, 3.8) is 0 Å². The van der Waals surface area contributed by atoms with Crippen molar-refractivity contribution in [3.8, 4) is 0 Å². The average Bonchev–Trinajstić information content (AvgIpc) is 3.21. The molecule has 0 aliphatic carbocycles. The lowest BCUT2D eigenvalue weighted by Crippen LogP contribution is -2.08. The van der Waals surface area contributed by atoms with Gasteiger partial charge in [0.25, 0.3) is 0 Å². The topological polar surface area (TPSA) is 86.1 Å². The van der Waals surface area contributed by atoms with E-state index < -0.39 is 5.97 Å². The summed E-state index contributed by atoms with van der Waals surface area (Å²) in [6.45, 7) is 0. The molecular formula is C21H19N3O2S2. The maximum Gasteiger partial charge on any atom is 0.355 e. The molecule has 2 aromatic carbocycles. The van der Waals surface area contributed by atoms with Crippen LogP contribution in [0.3, 0.4) is 0 Å².